The monoisotopic (exact) mass is 322 g/mol. The van der Waals surface area contributed by atoms with E-state index in [0.29, 0.717) is 0 Å². The molecule has 0 unspecified atom stereocenters. The van der Waals surface area contributed by atoms with Gasteiger partial charge in [-0.3, -0.25) is 0 Å². The van der Waals surface area contributed by atoms with Gasteiger partial charge in [-0.05, 0) is 21.8 Å². The minimum atomic E-state index is -2.08. The van der Waals surface area contributed by atoms with Crippen molar-refractivity contribution in [2.45, 2.75) is 52.0 Å². The molecule has 0 nitrogen and oxygen atoms in total. The summed E-state index contributed by atoms with van der Waals surface area (Å²) in [6.45, 7) is 14.1. The van der Waals surface area contributed by atoms with Crippen molar-refractivity contribution in [1.29, 1.82) is 0 Å². The third-order valence-electron chi connectivity index (χ3n) is 4.90. The van der Waals surface area contributed by atoms with Gasteiger partial charge in [0.25, 0.3) is 0 Å². The zero-order chi connectivity index (χ0) is 16.9. The fourth-order valence-electron chi connectivity index (χ4n) is 3.93. The first-order valence-electron chi connectivity index (χ1n) is 8.74. The van der Waals surface area contributed by atoms with Gasteiger partial charge in [-0.2, -0.15) is 0 Å². The molecular weight excluding hydrogens is 292 g/mol. The Morgan fingerprint density at radius 2 is 1.30 bits per heavy atom. The average molecular weight is 323 g/mol. The summed E-state index contributed by atoms with van der Waals surface area (Å²) in [5.41, 5.74) is 0. The number of hydrogen-bond acceptors (Lipinski definition) is 0. The van der Waals surface area contributed by atoms with Crippen molar-refractivity contribution in [3.63, 3.8) is 0 Å². The van der Waals surface area contributed by atoms with Crippen molar-refractivity contribution in [2.24, 2.45) is 0 Å². The molecule has 0 amide bonds. The van der Waals surface area contributed by atoms with Gasteiger partial charge >= 0.3 is 0 Å². The normalized spacial score (nSPS) is 12.2. The van der Waals surface area contributed by atoms with Crippen molar-refractivity contribution in [1.82, 2.24) is 0 Å². The maximum absolute atomic E-state index is 4.65. The minimum absolute atomic E-state index is 0.181. The number of unbranched alkanes of at least 4 members (excludes halogenated alkanes) is 1. The molecule has 0 aliphatic heterocycles. The predicted octanol–water partition coefficient (Wildman–Crippen LogP) is 5.34. The standard InChI is InChI=1S/C22H30Si/c1-6-7-14-19(2)23(22(3,4)5,20-15-10-8-11-16-20)21-17-12-9-13-18-21/h8-13,15-18H,2,6-7,14H2,1,3-5H3. The van der Waals surface area contributed by atoms with Crippen molar-refractivity contribution in [3.8, 4) is 0 Å². The third kappa shape index (κ3) is 3.35. The van der Waals surface area contributed by atoms with Gasteiger partial charge in [0.05, 0.1) is 0 Å². The highest BCUT2D eigenvalue weighted by atomic mass is 28.3. The van der Waals surface area contributed by atoms with Gasteiger partial charge in [0.2, 0.25) is 0 Å². The SMILES string of the molecule is C=C(CCCC)[Si](c1ccccc1)(c1ccccc1)C(C)(C)C. The molecule has 0 aromatic heterocycles. The lowest BCUT2D eigenvalue weighted by Gasteiger charge is -2.45. The molecule has 0 fully saturated rings. The van der Waals surface area contributed by atoms with Crippen LogP contribution in [0.25, 0.3) is 0 Å². The fraction of sp³-hybridized carbons (Fsp3) is 0.364. The molecule has 0 saturated heterocycles. The molecule has 0 spiro atoms. The topological polar surface area (TPSA) is 0 Å². The summed E-state index contributed by atoms with van der Waals surface area (Å²) in [6, 6.07) is 22.2. The molecule has 2 aromatic rings. The molecule has 0 aliphatic rings. The Morgan fingerprint density at radius 3 is 1.65 bits per heavy atom. The van der Waals surface area contributed by atoms with Crippen LogP contribution in [0.4, 0.5) is 0 Å². The van der Waals surface area contributed by atoms with Crippen LogP contribution in [0.3, 0.4) is 0 Å². The summed E-state index contributed by atoms with van der Waals surface area (Å²) >= 11 is 0. The van der Waals surface area contributed by atoms with Crippen LogP contribution in [0, 0.1) is 0 Å². The van der Waals surface area contributed by atoms with E-state index in [4.69, 9.17) is 0 Å². The maximum Gasteiger partial charge on any atom is 0.148 e. The molecule has 0 saturated carbocycles. The Morgan fingerprint density at radius 1 is 0.870 bits per heavy atom. The van der Waals surface area contributed by atoms with Crippen molar-refractivity contribution < 1.29 is 0 Å². The second-order valence-electron chi connectivity index (χ2n) is 7.44. The number of benzene rings is 2. The quantitative estimate of drug-likeness (QED) is 0.630. The zero-order valence-electron chi connectivity index (χ0n) is 15.1. The summed E-state index contributed by atoms with van der Waals surface area (Å²) in [7, 11) is -2.08. The molecule has 1 heteroatoms. The largest absolute Gasteiger partial charge is 0.148 e. The maximum atomic E-state index is 4.65. The van der Waals surface area contributed by atoms with Gasteiger partial charge in [-0.15, -0.1) is 6.58 Å². The van der Waals surface area contributed by atoms with E-state index in [1.165, 1.54) is 28.4 Å². The Balaban J connectivity index is 2.72. The smallest absolute Gasteiger partial charge is 0.103 e. The van der Waals surface area contributed by atoms with Gasteiger partial charge in [0, 0.05) is 0 Å². The van der Waals surface area contributed by atoms with Crippen molar-refractivity contribution >= 4 is 18.4 Å². The molecular formula is C22H30Si. The first kappa shape index (κ1) is 17.7. The molecule has 2 aromatic carbocycles. The Kier molecular flexibility index (Phi) is 5.64. The van der Waals surface area contributed by atoms with Crippen LogP contribution in [0.5, 0.6) is 0 Å². The van der Waals surface area contributed by atoms with Crippen molar-refractivity contribution in [2.75, 3.05) is 0 Å². The predicted molar refractivity (Wildman–Crippen MR) is 106 cm³/mol. The van der Waals surface area contributed by atoms with Gasteiger partial charge in [-0.25, -0.2) is 0 Å². The summed E-state index contributed by atoms with van der Waals surface area (Å²) in [6.07, 6.45) is 3.57. The van der Waals surface area contributed by atoms with Crippen molar-refractivity contribution in [3.05, 3.63) is 72.4 Å². The third-order valence-corrected chi connectivity index (χ3v) is 10.9. The Bertz CT molecular complexity index is 581. The lowest BCUT2D eigenvalue weighted by atomic mass is 10.2. The molecule has 0 N–H and O–H groups in total. The lowest BCUT2D eigenvalue weighted by Crippen LogP contribution is -2.65. The van der Waals surface area contributed by atoms with Crippen LogP contribution >= 0.6 is 0 Å². The number of allylic oxidation sites excluding steroid dienone is 1. The van der Waals surface area contributed by atoms with E-state index in [-0.39, 0.29) is 5.04 Å². The molecule has 0 aliphatic carbocycles. The molecule has 122 valence electrons. The van der Waals surface area contributed by atoms with Crippen LogP contribution in [0.2, 0.25) is 5.04 Å². The fourth-order valence-corrected chi connectivity index (χ4v) is 9.80. The first-order valence-corrected chi connectivity index (χ1v) is 10.7. The Labute approximate surface area is 143 Å². The molecule has 0 bridgehead atoms. The highest BCUT2D eigenvalue weighted by Gasteiger charge is 2.49. The summed E-state index contributed by atoms with van der Waals surface area (Å²) in [5, 5.41) is 4.62. The van der Waals surface area contributed by atoms with Crippen LogP contribution in [0.15, 0.2) is 72.4 Å². The number of hydrogen-bond donors (Lipinski definition) is 0. The summed E-state index contributed by atoms with van der Waals surface area (Å²) in [4.78, 5) is 0. The second kappa shape index (κ2) is 7.31. The van der Waals surface area contributed by atoms with Gasteiger partial charge in [0.1, 0.15) is 8.07 Å². The second-order valence-corrected chi connectivity index (χ2v) is 12.3. The van der Waals surface area contributed by atoms with Gasteiger partial charge in [0.15, 0.2) is 0 Å². The van der Waals surface area contributed by atoms with Crippen LogP contribution in [-0.4, -0.2) is 8.07 Å². The van der Waals surface area contributed by atoms with Gasteiger partial charge in [-0.1, -0.05) is 106 Å². The van der Waals surface area contributed by atoms with E-state index in [1.54, 1.807) is 0 Å². The lowest BCUT2D eigenvalue weighted by molar-refractivity contribution is 0.724. The summed E-state index contributed by atoms with van der Waals surface area (Å²) in [5.74, 6) is 0. The van der Waals surface area contributed by atoms with Gasteiger partial charge < -0.3 is 0 Å². The van der Waals surface area contributed by atoms with E-state index in [1.807, 2.05) is 0 Å². The zero-order valence-corrected chi connectivity index (χ0v) is 16.1. The molecule has 0 radical (unpaired) electrons. The first-order chi connectivity index (χ1) is 10.9. The number of rotatable bonds is 6. The average Bonchev–Trinajstić information content (AvgIpc) is 2.54. The highest BCUT2D eigenvalue weighted by Crippen LogP contribution is 2.41. The molecule has 0 heterocycles. The van der Waals surface area contributed by atoms with E-state index in [2.05, 4.69) is 94.9 Å². The van der Waals surface area contributed by atoms with Crippen LogP contribution < -0.4 is 10.4 Å². The van der Waals surface area contributed by atoms with E-state index in [0.717, 1.165) is 6.42 Å². The van der Waals surface area contributed by atoms with Crippen LogP contribution in [0.1, 0.15) is 47.0 Å². The van der Waals surface area contributed by atoms with E-state index >= 15 is 0 Å². The molecule has 23 heavy (non-hydrogen) atoms. The van der Waals surface area contributed by atoms with Crippen LogP contribution in [-0.2, 0) is 0 Å². The molecule has 0 atom stereocenters. The minimum Gasteiger partial charge on any atom is -0.103 e. The summed E-state index contributed by atoms with van der Waals surface area (Å²) < 4.78 is 0. The Hall–Kier alpha value is -1.60. The van der Waals surface area contributed by atoms with E-state index < -0.39 is 8.07 Å². The molecule has 2 rings (SSSR count). The van der Waals surface area contributed by atoms with E-state index in [9.17, 15) is 0 Å². The highest BCUT2D eigenvalue weighted by molar-refractivity contribution is 7.09.